The van der Waals surface area contributed by atoms with Crippen molar-refractivity contribution in [1.29, 1.82) is 0 Å². The number of rotatable bonds is 3. The van der Waals surface area contributed by atoms with Crippen LogP contribution in [0.3, 0.4) is 0 Å². The highest BCUT2D eigenvalue weighted by atomic mass is 16.1. The van der Waals surface area contributed by atoms with Crippen LogP contribution in [0.4, 0.5) is 5.82 Å². The number of aromatic nitrogens is 2. The lowest BCUT2D eigenvalue weighted by Gasteiger charge is -2.39. The third kappa shape index (κ3) is 4.11. The van der Waals surface area contributed by atoms with Gasteiger partial charge in [-0.15, -0.1) is 0 Å². The third-order valence-corrected chi connectivity index (χ3v) is 5.88. The van der Waals surface area contributed by atoms with E-state index in [4.69, 9.17) is 0 Å². The number of nitrogens with zero attached hydrogens (tertiary/aromatic N) is 4. The summed E-state index contributed by atoms with van der Waals surface area (Å²) in [6.45, 7) is 11.2. The minimum atomic E-state index is -0.196. The van der Waals surface area contributed by atoms with Crippen molar-refractivity contribution >= 4 is 11.7 Å². The Kier molecular flexibility index (Phi) is 5.27. The molecule has 1 N–H and O–H groups in total. The van der Waals surface area contributed by atoms with Crippen LogP contribution in [-0.4, -0.2) is 60.0 Å². The van der Waals surface area contributed by atoms with E-state index in [-0.39, 0.29) is 5.91 Å². The fourth-order valence-electron chi connectivity index (χ4n) is 4.12. The second-order valence-corrected chi connectivity index (χ2v) is 8.39. The lowest BCUT2D eigenvalue weighted by Crippen LogP contribution is -2.50. The standard InChI is InChI=1S/C19H31N5O/c1-19(2,3)14-5-6-15(11-14)23-7-9-24(10-8-23)17-13-21-16(12-22-17)18(25)20-4/h12-15H,5-11H2,1-4H3,(H,20,25)/t14?,15-/m1/s1. The minimum Gasteiger partial charge on any atom is -0.354 e. The summed E-state index contributed by atoms with van der Waals surface area (Å²) in [4.78, 5) is 25.1. The molecule has 2 fully saturated rings. The number of piperazine rings is 1. The second kappa shape index (κ2) is 7.28. The zero-order valence-corrected chi connectivity index (χ0v) is 16.0. The summed E-state index contributed by atoms with van der Waals surface area (Å²) in [5.41, 5.74) is 0.794. The van der Waals surface area contributed by atoms with Gasteiger partial charge in [0, 0.05) is 39.3 Å². The lowest BCUT2D eigenvalue weighted by atomic mass is 9.79. The van der Waals surface area contributed by atoms with Gasteiger partial charge in [-0.3, -0.25) is 9.69 Å². The van der Waals surface area contributed by atoms with E-state index >= 15 is 0 Å². The van der Waals surface area contributed by atoms with Crippen LogP contribution in [0.5, 0.6) is 0 Å². The summed E-state index contributed by atoms with van der Waals surface area (Å²) in [6, 6.07) is 0.744. The molecule has 1 amide bonds. The SMILES string of the molecule is CNC(=O)c1cnc(N2CCN([C@@H]3CCC(C(C)(C)C)C3)CC2)cn1. The van der Waals surface area contributed by atoms with Crippen LogP contribution in [-0.2, 0) is 0 Å². The third-order valence-electron chi connectivity index (χ3n) is 5.88. The first-order valence-electron chi connectivity index (χ1n) is 9.41. The van der Waals surface area contributed by atoms with Gasteiger partial charge in [-0.2, -0.15) is 0 Å². The number of hydrogen-bond donors (Lipinski definition) is 1. The predicted octanol–water partition coefficient (Wildman–Crippen LogP) is 2.17. The Hall–Kier alpha value is -1.69. The molecule has 0 spiro atoms. The van der Waals surface area contributed by atoms with Crippen LogP contribution in [0.1, 0.15) is 50.5 Å². The van der Waals surface area contributed by atoms with Gasteiger partial charge in [0.15, 0.2) is 0 Å². The summed E-state index contributed by atoms with van der Waals surface area (Å²) in [6.07, 6.45) is 7.31. The van der Waals surface area contributed by atoms with E-state index in [0.717, 1.165) is 44.0 Å². The van der Waals surface area contributed by atoms with Crippen LogP contribution < -0.4 is 10.2 Å². The van der Waals surface area contributed by atoms with Crippen molar-refractivity contribution in [2.45, 2.75) is 46.1 Å². The largest absolute Gasteiger partial charge is 0.354 e. The number of carbonyl (C=O) groups is 1. The summed E-state index contributed by atoms with van der Waals surface area (Å²) < 4.78 is 0. The number of nitrogens with one attached hydrogen (secondary N) is 1. The molecule has 3 rings (SSSR count). The Labute approximate surface area is 151 Å². The van der Waals surface area contributed by atoms with E-state index in [1.165, 1.54) is 19.3 Å². The molecule has 6 heteroatoms. The van der Waals surface area contributed by atoms with Crippen molar-refractivity contribution in [2.24, 2.45) is 11.3 Å². The van der Waals surface area contributed by atoms with Crippen molar-refractivity contribution in [1.82, 2.24) is 20.2 Å². The Morgan fingerprint density at radius 1 is 1.12 bits per heavy atom. The predicted molar refractivity (Wildman–Crippen MR) is 99.8 cm³/mol. The molecule has 1 unspecified atom stereocenters. The maximum absolute atomic E-state index is 11.6. The molecule has 0 bridgehead atoms. The highest BCUT2D eigenvalue weighted by Crippen LogP contribution is 2.41. The van der Waals surface area contributed by atoms with Gasteiger partial charge in [0.05, 0.1) is 12.4 Å². The molecule has 2 atom stereocenters. The molecule has 1 saturated carbocycles. The Bertz CT molecular complexity index is 587. The van der Waals surface area contributed by atoms with Gasteiger partial charge in [-0.05, 0) is 30.6 Å². The van der Waals surface area contributed by atoms with E-state index in [0.29, 0.717) is 11.1 Å². The molecule has 1 aliphatic heterocycles. The van der Waals surface area contributed by atoms with Crippen LogP contribution >= 0.6 is 0 Å². The highest BCUT2D eigenvalue weighted by molar-refractivity contribution is 5.91. The molecule has 6 nitrogen and oxygen atoms in total. The molecule has 1 aromatic heterocycles. The smallest absolute Gasteiger partial charge is 0.271 e. The quantitative estimate of drug-likeness (QED) is 0.910. The summed E-state index contributed by atoms with van der Waals surface area (Å²) in [7, 11) is 1.60. The van der Waals surface area contributed by atoms with Gasteiger partial charge in [0.2, 0.25) is 0 Å². The van der Waals surface area contributed by atoms with Gasteiger partial charge in [0.25, 0.3) is 5.91 Å². The van der Waals surface area contributed by atoms with Crippen molar-refractivity contribution < 1.29 is 4.79 Å². The molecular formula is C19H31N5O. The molecule has 138 valence electrons. The fraction of sp³-hybridized carbons (Fsp3) is 0.737. The van der Waals surface area contributed by atoms with Crippen LogP contribution in [0.15, 0.2) is 12.4 Å². The summed E-state index contributed by atoms with van der Waals surface area (Å²) in [5.74, 6) is 1.52. The molecule has 25 heavy (non-hydrogen) atoms. The van der Waals surface area contributed by atoms with E-state index in [1.807, 2.05) is 0 Å². The minimum absolute atomic E-state index is 0.196. The van der Waals surface area contributed by atoms with Gasteiger partial charge >= 0.3 is 0 Å². The average molecular weight is 345 g/mol. The van der Waals surface area contributed by atoms with Gasteiger partial charge < -0.3 is 10.2 Å². The topological polar surface area (TPSA) is 61.4 Å². The zero-order chi connectivity index (χ0) is 18.0. The fourth-order valence-corrected chi connectivity index (χ4v) is 4.12. The molecule has 1 saturated heterocycles. The average Bonchev–Trinajstić information content (AvgIpc) is 3.12. The Morgan fingerprint density at radius 3 is 2.36 bits per heavy atom. The normalized spacial score (nSPS) is 25.2. The lowest BCUT2D eigenvalue weighted by molar-refractivity contribution is 0.0958. The number of carbonyl (C=O) groups excluding carboxylic acids is 1. The first-order chi connectivity index (χ1) is 11.9. The number of amides is 1. The zero-order valence-electron chi connectivity index (χ0n) is 16.0. The van der Waals surface area contributed by atoms with Gasteiger partial charge in [-0.1, -0.05) is 20.8 Å². The molecular weight excluding hydrogens is 314 g/mol. The van der Waals surface area contributed by atoms with E-state index < -0.39 is 0 Å². The van der Waals surface area contributed by atoms with E-state index in [2.05, 4.69) is 45.9 Å². The second-order valence-electron chi connectivity index (χ2n) is 8.39. The molecule has 0 aromatic carbocycles. The monoisotopic (exact) mass is 345 g/mol. The van der Waals surface area contributed by atoms with Gasteiger partial charge in [0.1, 0.15) is 11.5 Å². The molecule has 2 aliphatic rings. The molecule has 2 heterocycles. The summed E-state index contributed by atoms with van der Waals surface area (Å²) >= 11 is 0. The van der Waals surface area contributed by atoms with Crippen LogP contribution in [0.2, 0.25) is 0 Å². The number of hydrogen-bond acceptors (Lipinski definition) is 5. The van der Waals surface area contributed by atoms with Crippen molar-refractivity contribution in [3.05, 3.63) is 18.1 Å². The molecule has 0 radical (unpaired) electrons. The van der Waals surface area contributed by atoms with Crippen molar-refractivity contribution in [2.75, 3.05) is 38.1 Å². The van der Waals surface area contributed by atoms with Crippen LogP contribution in [0.25, 0.3) is 0 Å². The maximum Gasteiger partial charge on any atom is 0.271 e. The van der Waals surface area contributed by atoms with Crippen LogP contribution in [0, 0.1) is 11.3 Å². The highest BCUT2D eigenvalue weighted by Gasteiger charge is 2.36. The first-order valence-corrected chi connectivity index (χ1v) is 9.41. The number of anilines is 1. The Balaban J connectivity index is 1.53. The molecule has 1 aromatic rings. The molecule has 1 aliphatic carbocycles. The maximum atomic E-state index is 11.6. The first kappa shape index (κ1) is 18.1. The van der Waals surface area contributed by atoms with Crippen molar-refractivity contribution in [3.63, 3.8) is 0 Å². The van der Waals surface area contributed by atoms with E-state index in [9.17, 15) is 4.79 Å². The summed E-state index contributed by atoms with van der Waals surface area (Å²) in [5, 5.41) is 2.57. The van der Waals surface area contributed by atoms with E-state index in [1.54, 1.807) is 19.4 Å². The Morgan fingerprint density at radius 2 is 1.84 bits per heavy atom. The van der Waals surface area contributed by atoms with Gasteiger partial charge in [-0.25, -0.2) is 9.97 Å². The van der Waals surface area contributed by atoms with Crippen molar-refractivity contribution in [3.8, 4) is 0 Å².